The molecule has 1 amide bonds. The quantitative estimate of drug-likeness (QED) is 0.786. The number of rotatable bonds is 5. The minimum absolute atomic E-state index is 0.0896. The molecule has 90 valence electrons. The summed E-state index contributed by atoms with van der Waals surface area (Å²) < 4.78 is 0. The van der Waals surface area contributed by atoms with Crippen LogP contribution in [0.4, 0.5) is 5.69 Å². The maximum absolute atomic E-state index is 11.7. The molecule has 1 rings (SSSR count). The van der Waals surface area contributed by atoms with Gasteiger partial charge in [0.2, 0.25) is 0 Å². The Morgan fingerprint density at radius 2 is 2.00 bits per heavy atom. The van der Waals surface area contributed by atoms with Gasteiger partial charge in [-0.05, 0) is 30.7 Å². The van der Waals surface area contributed by atoms with Gasteiger partial charge in [0.1, 0.15) is 0 Å². The zero-order valence-corrected chi connectivity index (χ0v) is 10.2. The van der Waals surface area contributed by atoms with Crippen molar-refractivity contribution in [2.75, 3.05) is 25.5 Å². The normalized spacial score (nSPS) is 9.47. The first kappa shape index (κ1) is 13.0. The van der Waals surface area contributed by atoms with Gasteiger partial charge in [0.15, 0.2) is 0 Å². The molecule has 0 aliphatic carbocycles. The van der Waals surface area contributed by atoms with Crippen LogP contribution in [-0.2, 0) is 0 Å². The molecule has 1 aromatic rings. The van der Waals surface area contributed by atoms with Crippen LogP contribution in [0.25, 0.3) is 0 Å². The van der Waals surface area contributed by atoms with Gasteiger partial charge in [0.05, 0.1) is 6.07 Å². The average molecular weight is 231 g/mol. The van der Waals surface area contributed by atoms with Crippen LogP contribution in [0.5, 0.6) is 0 Å². The molecular formula is C13H17N3O. The molecule has 0 fully saturated rings. The van der Waals surface area contributed by atoms with Crippen LogP contribution in [0.3, 0.4) is 0 Å². The van der Waals surface area contributed by atoms with E-state index in [2.05, 4.69) is 5.32 Å². The zero-order valence-electron chi connectivity index (χ0n) is 10.2. The summed E-state index contributed by atoms with van der Waals surface area (Å²) in [6, 6.07) is 9.46. The molecule has 0 aliphatic heterocycles. The standard InChI is InChI=1S/C13H17N3O/c1-16(2)12-7-5-11(6-8-12)13(17)15-10-4-3-9-14/h5-8H,3-4,10H2,1-2H3,(H,15,17). The van der Waals surface area contributed by atoms with Gasteiger partial charge in [-0.1, -0.05) is 0 Å². The van der Waals surface area contributed by atoms with Gasteiger partial charge >= 0.3 is 0 Å². The van der Waals surface area contributed by atoms with E-state index in [0.717, 1.165) is 5.69 Å². The van der Waals surface area contributed by atoms with Crippen LogP contribution < -0.4 is 10.2 Å². The molecule has 1 N–H and O–H groups in total. The second-order valence-corrected chi connectivity index (χ2v) is 3.96. The number of nitrogens with zero attached hydrogens (tertiary/aromatic N) is 2. The first-order valence-corrected chi connectivity index (χ1v) is 5.57. The van der Waals surface area contributed by atoms with Crippen molar-refractivity contribution in [3.05, 3.63) is 29.8 Å². The Hall–Kier alpha value is -2.02. The molecule has 0 atom stereocenters. The molecule has 4 nitrogen and oxygen atoms in total. The van der Waals surface area contributed by atoms with Crippen molar-refractivity contribution in [1.29, 1.82) is 5.26 Å². The van der Waals surface area contributed by atoms with E-state index in [1.165, 1.54) is 0 Å². The van der Waals surface area contributed by atoms with Crippen molar-refractivity contribution < 1.29 is 4.79 Å². The number of amides is 1. The van der Waals surface area contributed by atoms with Gasteiger partial charge < -0.3 is 10.2 Å². The summed E-state index contributed by atoms with van der Waals surface area (Å²) in [6.07, 6.45) is 1.16. The second-order valence-electron chi connectivity index (χ2n) is 3.96. The number of nitrogens with one attached hydrogen (secondary N) is 1. The molecular weight excluding hydrogens is 214 g/mol. The van der Waals surface area contributed by atoms with Gasteiger partial charge in [-0.15, -0.1) is 0 Å². The first-order chi connectivity index (χ1) is 8.15. The van der Waals surface area contributed by atoms with E-state index in [1.807, 2.05) is 37.2 Å². The average Bonchev–Trinajstić information content (AvgIpc) is 2.34. The monoisotopic (exact) mass is 231 g/mol. The third kappa shape index (κ3) is 4.15. The highest BCUT2D eigenvalue weighted by molar-refractivity contribution is 5.94. The lowest BCUT2D eigenvalue weighted by Crippen LogP contribution is -2.24. The summed E-state index contributed by atoms with van der Waals surface area (Å²) >= 11 is 0. The molecule has 0 unspecified atom stereocenters. The highest BCUT2D eigenvalue weighted by atomic mass is 16.1. The fraction of sp³-hybridized carbons (Fsp3) is 0.385. The smallest absolute Gasteiger partial charge is 0.251 e. The van der Waals surface area contributed by atoms with Gasteiger partial charge in [0.25, 0.3) is 5.91 Å². The van der Waals surface area contributed by atoms with Gasteiger partial charge in [-0.2, -0.15) is 5.26 Å². The SMILES string of the molecule is CN(C)c1ccc(C(=O)NCCCC#N)cc1. The van der Waals surface area contributed by atoms with E-state index < -0.39 is 0 Å². The number of hydrogen-bond acceptors (Lipinski definition) is 3. The number of anilines is 1. The number of hydrogen-bond donors (Lipinski definition) is 1. The molecule has 17 heavy (non-hydrogen) atoms. The van der Waals surface area contributed by atoms with Gasteiger partial charge in [-0.3, -0.25) is 4.79 Å². The maximum atomic E-state index is 11.7. The number of nitriles is 1. The highest BCUT2D eigenvalue weighted by Gasteiger charge is 2.04. The number of carbonyl (C=O) groups is 1. The van der Waals surface area contributed by atoms with E-state index >= 15 is 0 Å². The number of benzene rings is 1. The topological polar surface area (TPSA) is 56.1 Å². The molecule has 1 aromatic carbocycles. The van der Waals surface area contributed by atoms with Crippen LogP contribution in [-0.4, -0.2) is 26.5 Å². The fourth-order valence-corrected chi connectivity index (χ4v) is 1.38. The lowest BCUT2D eigenvalue weighted by molar-refractivity contribution is 0.0953. The number of carbonyl (C=O) groups excluding carboxylic acids is 1. The van der Waals surface area contributed by atoms with Crippen LogP contribution in [0.1, 0.15) is 23.2 Å². The van der Waals surface area contributed by atoms with Crippen LogP contribution in [0, 0.1) is 11.3 Å². The highest BCUT2D eigenvalue weighted by Crippen LogP contribution is 2.11. The minimum Gasteiger partial charge on any atom is -0.378 e. The van der Waals surface area contributed by atoms with E-state index in [4.69, 9.17) is 5.26 Å². The van der Waals surface area contributed by atoms with E-state index in [0.29, 0.717) is 24.9 Å². The summed E-state index contributed by atoms with van der Waals surface area (Å²) in [5, 5.41) is 11.1. The van der Waals surface area contributed by atoms with Crippen molar-refractivity contribution in [3.8, 4) is 6.07 Å². The van der Waals surface area contributed by atoms with Crippen LogP contribution in [0.2, 0.25) is 0 Å². The molecule has 4 heteroatoms. The minimum atomic E-state index is -0.0896. The van der Waals surface area contributed by atoms with Crippen LogP contribution >= 0.6 is 0 Å². The van der Waals surface area contributed by atoms with Gasteiger partial charge in [-0.25, -0.2) is 0 Å². The Labute approximate surface area is 102 Å². The molecule has 0 radical (unpaired) electrons. The largest absolute Gasteiger partial charge is 0.378 e. The Morgan fingerprint density at radius 3 is 2.53 bits per heavy atom. The maximum Gasteiger partial charge on any atom is 0.251 e. The lowest BCUT2D eigenvalue weighted by atomic mass is 10.2. The fourth-order valence-electron chi connectivity index (χ4n) is 1.38. The summed E-state index contributed by atoms with van der Waals surface area (Å²) in [6.45, 7) is 0.543. The third-order valence-electron chi connectivity index (χ3n) is 2.40. The molecule has 0 aromatic heterocycles. The van der Waals surface area contributed by atoms with Crippen LogP contribution in [0.15, 0.2) is 24.3 Å². The summed E-state index contributed by atoms with van der Waals surface area (Å²) in [4.78, 5) is 13.7. The Kier molecular flexibility index (Phi) is 5.02. The summed E-state index contributed by atoms with van der Waals surface area (Å²) in [5.41, 5.74) is 1.71. The van der Waals surface area contributed by atoms with Crippen molar-refractivity contribution in [1.82, 2.24) is 5.32 Å². The molecule has 0 heterocycles. The van der Waals surface area contributed by atoms with E-state index in [1.54, 1.807) is 12.1 Å². The van der Waals surface area contributed by atoms with Gasteiger partial charge in [0, 0.05) is 38.3 Å². The van der Waals surface area contributed by atoms with E-state index in [9.17, 15) is 4.79 Å². The summed E-state index contributed by atoms with van der Waals surface area (Å²) in [5.74, 6) is -0.0896. The Bertz CT molecular complexity index is 404. The molecule has 0 aliphatic rings. The molecule has 0 spiro atoms. The Balaban J connectivity index is 2.49. The van der Waals surface area contributed by atoms with Crippen molar-refractivity contribution in [2.45, 2.75) is 12.8 Å². The van der Waals surface area contributed by atoms with Crippen molar-refractivity contribution >= 4 is 11.6 Å². The predicted octanol–water partition coefficient (Wildman–Crippen LogP) is 1.79. The molecule has 0 saturated carbocycles. The first-order valence-electron chi connectivity index (χ1n) is 5.57. The lowest BCUT2D eigenvalue weighted by Gasteiger charge is -2.12. The summed E-state index contributed by atoms with van der Waals surface area (Å²) in [7, 11) is 3.91. The zero-order chi connectivity index (χ0) is 12.7. The van der Waals surface area contributed by atoms with E-state index in [-0.39, 0.29) is 5.91 Å². The molecule has 0 saturated heterocycles. The van der Waals surface area contributed by atoms with Crippen molar-refractivity contribution in [2.24, 2.45) is 0 Å². The molecule has 0 bridgehead atoms. The predicted molar refractivity (Wildman–Crippen MR) is 67.9 cm³/mol. The second kappa shape index (κ2) is 6.54. The third-order valence-corrected chi connectivity index (χ3v) is 2.40. The Morgan fingerprint density at radius 1 is 1.35 bits per heavy atom. The number of unbranched alkanes of at least 4 members (excludes halogenated alkanes) is 1. The van der Waals surface area contributed by atoms with Crippen molar-refractivity contribution in [3.63, 3.8) is 0 Å².